The van der Waals surface area contributed by atoms with Crippen LogP contribution in [0, 0.1) is 11.6 Å². The van der Waals surface area contributed by atoms with E-state index in [4.69, 9.17) is 9.84 Å². The predicted molar refractivity (Wildman–Crippen MR) is 67.4 cm³/mol. The van der Waals surface area contributed by atoms with E-state index in [9.17, 15) is 8.78 Å². The van der Waals surface area contributed by atoms with E-state index in [1.54, 1.807) is 11.8 Å². The van der Waals surface area contributed by atoms with Crippen molar-refractivity contribution in [3.05, 3.63) is 17.7 Å². The molecule has 2 heterocycles. The van der Waals surface area contributed by atoms with Crippen LogP contribution in [0.25, 0.3) is 0 Å². The molecule has 0 radical (unpaired) electrons. The molecule has 1 aliphatic rings. The summed E-state index contributed by atoms with van der Waals surface area (Å²) in [5.41, 5.74) is 0. The maximum Gasteiger partial charge on any atom is 0.168 e. The first-order chi connectivity index (χ1) is 9.15. The Morgan fingerprint density at radius 1 is 1.53 bits per heavy atom. The highest BCUT2D eigenvalue weighted by Gasteiger charge is 2.24. The van der Waals surface area contributed by atoms with Gasteiger partial charge in [0.05, 0.1) is 19.3 Å². The number of aromatic nitrogens is 1. The molecule has 0 aromatic carbocycles. The van der Waals surface area contributed by atoms with E-state index >= 15 is 0 Å². The Labute approximate surface area is 110 Å². The van der Waals surface area contributed by atoms with Crippen LogP contribution in [0.15, 0.2) is 6.07 Å². The maximum absolute atomic E-state index is 13.8. The lowest BCUT2D eigenvalue weighted by atomic mass is 10.2. The highest BCUT2D eigenvalue weighted by atomic mass is 19.1. The van der Waals surface area contributed by atoms with Gasteiger partial charge in [-0.3, -0.25) is 0 Å². The molecule has 1 unspecified atom stereocenters. The van der Waals surface area contributed by atoms with Crippen molar-refractivity contribution in [3.8, 4) is 0 Å². The third kappa shape index (κ3) is 3.10. The molecule has 0 aliphatic carbocycles. The molecule has 1 fully saturated rings. The number of hydrogen-bond acceptors (Lipinski definition) is 5. The average Bonchev–Trinajstić information content (AvgIpc) is 2.42. The molecule has 2 rings (SSSR count). The van der Waals surface area contributed by atoms with Gasteiger partial charge in [-0.05, 0) is 6.92 Å². The lowest BCUT2D eigenvalue weighted by Crippen LogP contribution is -2.44. The minimum Gasteiger partial charge on any atom is -0.394 e. The number of aliphatic hydroxyl groups excluding tert-OH is 1. The number of nitrogens with one attached hydrogen (secondary N) is 1. The van der Waals surface area contributed by atoms with Crippen molar-refractivity contribution in [2.75, 3.05) is 43.1 Å². The first-order valence-electron chi connectivity index (χ1n) is 6.23. The summed E-state index contributed by atoms with van der Waals surface area (Å²) >= 11 is 0. The van der Waals surface area contributed by atoms with E-state index in [1.165, 1.54) is 0 Å². The minimum absolute atomic E-state index is 0.0333. The number of morpholine rings is 1. The van der Waals surface area contributed by atoms with Gasteiger partial charge in [-0.25, -0.2) is 13.8 Å². The average molecular weight is 273 g/mol. The van der Waals surface area contributed by atoms with Crippen LogP contribution in [-0.2, 0) is 4.74 Å². The molecule has 0 spiro atoms. The molecule has 1 atom stereocenters. The molecule has 2 N–H and O–H groups in total. The van der Waals surface area contributed by atoms with E-state index in [-0.39, 0.29) is 24.3 Å². The second kappa shape index (κ2) is 6.12. The number of aliphatic hydroxyl groups is 1. The van der Waals surface area contributed by atoms with Crippen LogP contribution >= 0.6 is 0 Å². The molecule has 1 aliphatic heterocycles. The fourth-order valence-corrected chi connectivity index (χ4v) is 1.99. The molecule has 19 heavy (non-hydrogen) atoms. The van der Waals surface area contributed by atoms with Gasteiger partial charge in [0.2, 0.25) is 0 Å². The second-order valence-electron chi connectivity index (χ2n) is 4.28. The van der Waals surface area contributed by atoms with Crippen LogP contribution in [0.5, 0.6) is 0 Å². The second-order valence-corrected chi connectivity index (χ2v) is 4.28. The van der Waals surface area contributed by atoms with Gasteiger partial charge in [-0.15, -0.1) is 0 Å². The summed E-state index contributed by atoms with van der Waals surface area (Å²) in [7, 11) is 0. The number of nitrogens with zero attached hydrogens (tertiary/aromatic N) is 2. The van der Waals surface area contributed by atoms with Crippen LogP contribution in [0.1, 0.15) is 6.92 Å². The monoisotopic (exact) mass is 273 g/mol. The van der Waals surface area contributed by atoms with Gasteiger partial charge in [-0.2, -0.15) is 0 Å². The maximum atomic E-state index is 13.8. The molecule has 1 aromatic rings. The van der Waals surface area contributed by atoms with Gasteiger partial charge in [0.15, 0.2) is 23.3 Å². The number of rotatable bonds is 4. The Kier molecular flexibility index (Phi) is 4.49. The highest BCUT2D eigenvalue weighted by molar-refractivity contribution is 5.49. The van der Waals surface area contributed by atoms with Crippen LogP contribution in [-0.4, -0.2) is 49.0 Å². The van der Waals surface area contributed by atoms with Crippen molar-refractivity contribution >= 4 is 11.6 Å². The SMILES string of the molecule is CCNc1nc(N2CCOC(CO)C2)c(F)cc1F. The van der Waals surface area contributed by atoms with Crippen molar-refractivity contribution in [1.29, 1.82) is 0 Å². The van der Waals surface area contributed by atoms with Crippen molar-refractivity contribution in [2.24, 2.45) is 0 Å². The van der Waals surface area contributed by atoms with E-state index in [2.05, 4.69) is 10.3 Å². The molecule has 1 saturated heterocycles. The van der Waals surface area contributed by atoms with Crippen LogP contribution in [0.3, 0.4) is 0 Å². The van der Waals surface area contributed by atoms with Gasteiger partial charge in [0.25, 0.3) is 0 Å². The molecular formula is C12H17F2N3O2. The van der Waals surface area contributed by atoms with Gasteiger partial charge in [0, 0.05) is 25.7 Å². The first kappa shape index (κ1) is 14.0. The Morgan fingerprint density at radius 2 is 2.32 bits per heavy atom. The minimum atomic E-state index is -0.713. The number of anilines is 2. The van der Waals surface area contributed by atoms with E-state index in [1.807, 2.05) is 0 Å². The van der Waals surface area contributed by atoms with Crippen molar-refractivity contribution in [2.45, 2.75) is 13.0 Å². The Morgan fingerprint density at radius 3 is 3.00 bits per heavy atom. The molecule has 5 nitrogen and oxygen atoms in total. The fraction of sp³-hybridized carbons (Fsp3) is 0.583. The summed E-state index contributed by atoms with van der Waals surface area (Å²) in [6.07, 6.45) is -0.373. The highest BCUT2D eigenvalue weighted by Crippen LogP contribution is 2.23. The molecule has 0 bridgehead atoms. The molecule has 0 saturated carbocycles. The lowest BCUT2D eigenvalue weighted by Gasteiger charge is -2.33. The quantitative estimate of drug-likeness (QED) is 0.856. The smallest absolute Gasteiger partial charge is 0.168 e. The number of pyridine rings is 1. The summed E-state index contributed by atoms with van der Waals surface area (Å²) in [6, 6.07) is 0.823. The van der Waals surface area contributed by atoms with Crippen LogP contribution in [0.4, 0.5) is 20.4 Å². The third-order valence-electron chi connectivity index (χ3n) is 2.90. The zero-order chi connectivity index (χ0) is 13.8. The lowest BCUT2D eigenvalue weighted by molar-refractivity contribution is 0.00319. The van der Waals surface area contributed by atoms with E-state index in [0.29, 0.717) is 26.2 Å². The zero-order valence-corrected chi connectivity index (χ0v) is 10.7. The summed E-state index contributed by atoms with van der Waals surface area (Å²) in [6.45, 7) is 3.33. The Balaban J connectivity index is 2.25. The molecular weight excluding hydrogens is 256 g/mol. The molecule has 106 valence electrons. The summed E-state index contributed by atoms with van der Waals surface area (Å²) in [4.78, 5) is 5.63. The van der Waals surface area contributed by atoms with E-state index < -0.39 is 11.6 Å². The normalized spacial score (nSPS) is 19.6. The zero-order valence-electron chi connectivity index (χ0n) is 10.7. The molecule has 7 heteroatoms. The van der Waals surface area contributed by atoms with Crippen LogP contribution in [0.2, 0.25) is 0 Å². The van der Waals surface area contributed by atoms with Crippen molar-refractivity contribution in [3.63, 3.8) is 0 Å². The number of ether oxygens (including phenoxy) is 1. The largest absolute Gasteiger partial charge is 0.394 e. The topological polar surface area (TPSA) is 57.6 Å². The van der Waals surface area contributed by atoms with E-state index in [0.717, 1.165) is 6.07 Å². The van der Waals surface area contributed by atoms with Gasteiger partial charge < -0.3 is 20.1 Å². The fourth-order valence-electron chi connectivity index (χ4n) is 1.99. The van der Waals surface area contributed by atoms with Gasteiger partial charge >= 0.3 is 0 Å². The Bertz CT molecular complexity index is 445. The van der Waals surface area contributed by atoms with Crippen molar-refractivity contribution < 1.29 is 18.6 Å². The van der Waals surface area contributed by atoms with Crippen LogP contribution < -0.4 is 10.2 Å². The third-order valence-corrected chi connectivity index (χ3v) is 2.90. The molecule has 0 amide bonds. The number of hydrogen-bond donors (Lipinski definition) is 2. The number of halogens is 2. The van der Waals surface area contributed by atoms with Gasteiger partial charge in [0.1, 0.15) is 0 Å². The standard InChI is InChI=1S/C12H17F2N3O2/c1-2-15-11-9(13)5-10(14)12(16-11)17-3-4-19-8(6-17)7-18/h5,8,18H,2-4,6-7H2,1H3,(H,15,16). The predicted octanol–water partition coefficient (Wildman–Crippen LogP) is 0.989. The molecule has 1 aromatic heterocycles. The Hall–Kier alpha value is -1.47. The summed E-state index contributed by atoms with van der Waals surface area (Å²) in [5.74, 6) is -1.31. The van der Waals surface area contributed by atoms with Gasteiger partial charge in [-0.1, -0.05) is 0 Å². The first-order valence-corrected chi connectivity index (χ1v) is 6.23. The van der Waals surface area contributed by atoms with Crippen molar-refractivity contribution in [1.82, 2.24) is 4.98 Å². The summed E-state index contributed by atoms with van der Waals surface area (Å²) < 4.78 is 32.6. The summed E-state index contributed by atoms with van der Waals surface area (Å²) in [5, 5.41) is 11.8.